The first-order valence-electron chi connectivity index (χ1n) is 5.27. The van der Waals surface area contributed by atoms with Crippen LogP contribution in [0.25, 0.3) is 0 Å². The zero-order valence-electron chi connectivity index (χ0n) is 9.22. The summed E-state index contributed by atoms with van der Waals surface area (Å²) in [6, 6.07) is 7.56. The molecule has 0 spiro atoms. The Morgan fingerprint density at radius 2 is 2.19 bits per heavy atom. The van der Waals surface area contributed by atoms with Crippen molar-refractivity contribution in [2.24, 2.45) is 5.73 Å². The molecule has 3 N–H and O–H groups in total. The first-order chi connectivity index (χ1) is 7.51. The Bertz CT molecular complexity index is 416. The Hall–Kier alpha value is -0.910. The van der Waals surface area contributed by atoms with Gasteiger partial charge in [-0.15, -0.1) is 0 Å². The Morgan fingerprint density at radius 3 is 2.69 bits per heavy atom. The SMILES string of the molecule is CC(N)(c1cccc(N2CCC2)c1)S(=O)O. The van der Waals surface area contributed by atoms with Crippen molar-refractivity contribution in [3.8, 4) is 0 Å². The van der Waals surface area contributed by atoms with Gasteiger partial charge in [0.25, 0.3) is 0 Å². The molecule has 1 aliphatic rings. The van der Waals surface area contributed by atoms with E-state index in [1.807, 2.05) is 18.2 Å². The maximum Gasteiger partial charge on any atom is 0.178 e. The second-order valence-corrected chi connectivity index (χ2v) is 5.59. The van der Waals surface area contributed by atoms with E-state index in [9.17, 15) is 4.21 Å². The van der Waals surface area contributed by atoms with E-state index in [0.29, 0.717) is 5.56 Å². The Kier molecular flexibility index (Phi) is 3.01. The topological polar surface area (TPSA) is 66.6 Å². The van der Waals surface area contributed by atoms with Gasteiger partial charge in [-0.05, 0) is 31.0 Å². The summed E-state index contributed by atoms with van der Waals surface area (Å²) < 4.78 is 20.3. The van der Waals surface area contributed by atoms with E-state index < -0.39 is 16.0 Å². The first kappa shape index (κ1) is 11.6. The summed E-state index contributed by atoms with van der Waals surface area (Å²) >= 11 is -2.07. The largest absolute Gasteiger partial charge is 0.371 e. The summed E-state index contributed by atoms with van der Waals surface area (Å²) in [7, 11) is 0. The maximum absolute atomic E-state index is 11.2. The number of hydrogen-bond donors (Lipinski definition) is 2. The van der Waals surface area contributed by atoms with E-state index >= 15 is 0 Å². The van der Waals surface area contributed by atoms with Crippen LogP contribution in [0, 0.1) is 0 Å². The third-order valence-corrected chi connectivity index (χ3v) is 3.96. The van der Waals surface area contributed by atoms with Crippen molar-refractivity contribution in [3.05, 3.63) is 29.8 Å². The quantitative estimate of drug-likeness (QED) is 0.780. The van der Waals surface area contributed by atoms with Crippen LogP contribution in [0.3, 0.4) is 0 Å². The molecule has 1 aromatic rings. The number of benzene rings is 1. The molecule has 0 aliphatic carbocycles. The molecular formula is C11H16N2O2S. The van der Waals surface area contributed by atoms with Crippen molar-refractivity contribution in [2.75, 3.05) is 18.0 Å². The molecular weight excluding hydrogens is 224 g/mol. The van der Waals surface area contributed by atoms with Gasteiger partial charge in [0.2, 0.25) is 0 Å². The molecule has 2 atom stereocenters. The van der Waals surface area contributed by atoms with E-state index in [-0.39, 0.29) is 0 Å². The summed E-state index contributed by atoms with van der Waals surface area (Å²) in [5, 5.41) is 0. The van der Waals surface area contributed by atoms with Gasteiger partial charge in [0.1, 0.15) is 4.87 Å². The lowest BCUT2D eigenvalue weighted by atomic mass is 10.1. The second kappa shape index (κ2) is 4.16. The molecule has 0 radical (unpaired) electrons. The predicted octanol–water partition coefficient (Wildman–Crippen LogP) is 1.25. The lowest BCUT2D eigenvalue weighted by Gasteiger charge is -2.34. The lowest BCUT2D eigenvalue weighted by Crippen LogP contribution is -2.39. The van der Waals surface area contributed by atoms with Gasteiger partial charge in [0.05, 0.1) is 0 Å². The number of anilines is 1. The van der Waals surface area contributed by atoms with Gasteiger partial charge < -0.3 is 15.2 Å². The average molecular weight is 240 g/mol. The van der Waals surface area contributed by atoms with Crippen molar-refractivity contribution in [1.82, 2.24) is 0 Å². The van der Waals surface area contributed by atoms with Crippen LogP contribution in [-0.4, -0.2) is 21.9 Å². The van der Waals surface area contributed by atoms with Crippen LogP contribution >= 0.6 is 0 Å². The highest BCUT2D eigenvalue weighted by molar-refractivity contribution is 7.80. The number of nitrogens with zero attached hydrogens (tertiary/aromatic N) is 1. The van der Waals surface area contributed by atoms with E-state index in [1.165, 1.54) is 6.42 Å². The van der Waals surface area contributed by atoms with Crippen LogP contribution in [0.5, 0.6) is 0 Å². The normalized spacial score (nSPS) is 21.1. The van der Waals surface area contributed by atoms with Crippen LogP contribution in [0.1, 0.15) is 18.9 Å². The molecule has 0 saturated carbocycles. The lowest BCUT2D eigenvalue weighted by molar-refractivity contribution is 0.515. The van der Waals surface area contributed by atoms with Gasteiger partial charge in [-0.3, -0.25) is 0 Å². The van der Waals surface area contributed by atoms with Gasteiger partial charge in [-0.1, -0.05) is 12.1 Å². The molecule has 5 heteroatoms. The minimum absolute atomic E-state index is 0.692. The smallest absolute Gasteiger partial charge is 0.178 e. The Labute approximate surface area is 97.7 Å². The monoisotopic (exact) mass is 240 g/mol. The van der Waals surface area contributed by atoms with Crippen molar-refractivity contribution >= 4 is 16.8 Å². The van der Waals surface area contributed by atoms with Crippen molar-refractivity contribution in [1.29, 1.82) is 0 Å². The van der Waals surface area contributed by atoms with Gasteiger partial charge in [0.15, 0.2) is 11.1 Å². The highest BCUT2D eigenvalue weighted by atomic mass is 32.2. The second-order valence-electron chi connectivity index (χ2n) is 4.25. The number of hydrogen-bond acceptors (Lipinski definition) is 3. The van der Waals surface area contributed by atoms with Gasteiger partial charge >= 0.3 is 0 Å². The fourth-order valence-electron chi connectivity index (χ4n) is 1.69. The highest BCUT2D eigenvalue weighted by Crippen LogP contribution is 2.27. The number of rotatable bonds is 3. The molecule has 0 bridgehead atoms. The van der Waals surface area contributed by atoms with Crippen LogP contribution in [0.15, 0.2) is 24.3 Å². The standard InChI is InChI=1S/C11H16N2O2S/c1-11(12,16(14)15)9-4-2-5-10(8-9)13-6-3-7-13/h2,4-5,8H,3,6-7,12H2,1H3,(H,14,15). The third kappa shape index (κ3) is 1.98. The summed E-state index contributed by atoms with van der Waals surface area (Å²) in [6.45, 7) is 3.66. The summed E-state index contributed by atoms with van der Waals surface area (Å²) in [6.07, 6.45) is 1.20. The summed E-state index contributed by atoms with van der Waals surface area (Å²) in [4.78, 5) is 1.01. The van der Waals surface area contributed by atoms with Crippen molar-refractivity contribution < 1.29 is 8.76 Å². The molecule has 2 unspecified atom stereocenters. The molecule has 0 aromatic heterocycles. The van der Waals surface area contributed by atoms with Crippen molar-refractivity contribution in [3.63, 3.8) is 0 Å². The summed E-state index contributed by atoms with van der Waals surface area (Å²) in [5.74, 6) is 0. The highest BCUT2D eigenvalue weighted by Gasteiger charge is 2.29. The van der Waals surface area contributed by atoms with Crippen LogP contribution in [0.4, 0.5) is 5.69 Å². The molecule has 2 rings (SSSR count). The van der Waals surface area contributed by atoms with Gasteiger partial charge in [-0.25, -0.2) is 4.21 Å². The fraction of sp³-hybridized carbons (Fsp3) is 0.455. The molecule has 1 saturated heterocycles. The van der Waals surface area contributed by atoms with E-state index in [1.54, 1.807) is 13.0 Å². The predicted molar refractivity (Wildman–Crippen MR) is 65.6 cm³/mol. The molecule has 0 amide bonds. The third-order valence-electron chi connectivity index (χ3n) is 3.00. The zero-order chi connectivity index (χ0) is 11.8. The first-order valence-corrected chi connectivity index (χ1v) is 6.38. The van der Waals surface area contributed by atoms with Crippen LogP contribution in [0.2, 0.25) is 0 Å². The Morgan fingerprint density at radius 1 is 1.50 bits per heavy atom. The minimum atomic E-state index is -2.07. The van der Waals surface area contributed by atoms with Gasteiger partial charge in [0, 0.05) is 18.8 Å². The molecule has 1 heterocycles. The molecule has 1 fully saturated rings. The summed E-state index contributed by atoms with van der Waals surface area (Å²) in [5.41, 5.74) is 7.61. The molecule has 1 aromatic carbocycles. The minimum Gasteiger partial charge on any atom is -0.371 e. The Balaban J connectivity index is 2.31. The van der Waals surface area contributed by atoms with Gasteiger partial charge in [-0.2, -0.15) is 0 Å². The molecule has 4 nitrogen and oxygen atoms in total. The van der Waals surface area contributed by atoms with E-state index in [0.717, 1.165) is 18.8 Å². The maximum atomic E-state index is 11.2. The molecule has 1 aliphatic heterocycles. The number of nitrogens with two attached hydrogens (primary N) is 1. The zero-order valence-corrected chi connectivity index (χ0v) is 10.0. The van der Waals surface area contributed by atoms with Crippen molar-refractivity contribution in [2.45, 2.75) is 18.2 Å². The van der Waals surface area contributed by atoms with E-state index in [4.69, 9.17) is 10.3 Å². The molecule has 88 valence electrons. The average Bonchev–Trinajstić information content (AvgIpc) is 2.15. The van der Waals surface area contributed by atoms with Crippen LogP contribution in [-0.2, 0) is 16.0 Å². The fourth-order valence-corrected chi connectivity index (χ4v) is 2.02. The van der Waals surface area contributed by atoms with Crippen LogP contribution < -0.4 is 10.6 Å². The van der Waals surface area contributed by atoms with E-state index in [2.05, 4.69) is 4.90 Å². The molecule has 16 heavy (non-hydrogen) atoms.